The van der Waals surface area contributed by atoms with E-state index in [1.807, 2.05) is 30.3 Å². The summed E-state index contributed by atoms with van der Waals surface area (Å²) in [5.41, 5.74) is 1.06. The highest BCUT2D eigenvalue weighted by molar-refractivity contribution is 5.95. The summed E-state index contributed by atoms with van der Waals surface area (Å²) in [7, 11) is 0. The van der Waals surface area contributed by atoms with Gasteiger partial charge in [0.2, 0.25) is 11.8 Å². The van der Waals surface area contributed by atoms with Gasteiger partial charge in [-0.05, 0) is 24.3 Å². The summed E-state index contributed by atoms with van der Waals surface area (Å²) >= 11 is 0. The van der Waals surface area contributed by atoms with Crippen LogP contribution in [0.15, 0.2) is 30.3 Å². The minimum atomic E-state index is -0.282. The van der Waals surface area contributed by atoms with Crippen LogP contribution in [-0.4, -0.2) is 29.3 Å². The van der Waals surface area contributed by atoms with E-state index in [9.17, 15) is 9.59 Å². The van der Waals surface area contributed by atoms with Gasteiger partial charge in [-0.15, -0.1) is 0 Å². The lowest BCUT2D eigenvalue weighted by atomic mass is 10.1. The molecule has 3 rings (SSSR count). The molecule has 2 aliphatic rings. The number of piperazine rings is 1. The van der Waals surface area contributed by atoms with Crippen molar-refractivity contribution >= 4 is 11.8 Å². The maximum absolute atomic E-state index is 12.3. The topological polar surface area (TPSA) is 49.4 Å². The molecule has 18 heavy (non-hydrogen) atoms. The van der Waals surface area contributed by atoms with E-state index >= 15 is 0 Å². The van der Waals surface area contributed by atoms with Gasteiger partial charge >= 0.3 is 0 Å². The number of carbonyl (C=O) groups excluding carboxylic acids is 2. The van der Waals surface area contributed by atoms with Crippen molar-refractivity contribution in [2.75, 3.05) is 6.54 Å². The first-order valence-corrected chi connectivity index (χ1v) is 6.36. The van der Waals surface area contributed by atoms with Crippen LogP contribution in [0, 0.1) is 5.92 Å². The van der Waals surface area contributed by atoms with Crippen molar-refractivity contribution in [3.63, 3.8) is 0 Å². The molecule has 1 aliphatic heterocycles. The lowest BCUT2D eigenvalue weighted by Crippen LogP contribution is -2.58. The van der Waals surface area contributed by atoms with Crippen molar-refractivity contribution in [2.24, 2.45) is 5.92 Å². The molecule has 0 aromatic heterocycles. The van der Waals surface area contributed by atoms with Crippen molar-refractivity contribution in [3.8, 4) is 0 Å². The van der Waals surface area contributed by atoms with Gasteiger partial charge in [0.15, 0.2) is 0 Å². The molecule has 1 aliphatic carbocycles. The van der Waals surface area contributed by atoms with Gasteiger partial charge in [-0.3, -0.25) is 9.59 Å². The third-order valence-electron chi connectivity index (χ3n) is 3.54. The Labute approximate surface area is 106 Å². The predicted molar refractivity (Wildman–Crippen MR) is 66.5 cm³/mol. The van der Waals surface area contributed by atoms with Gasteiger partial charge < -0.3 is 10.2 Å². The Morgan fingerprint density at radius 2 is 1.89 bits per heavy atom. The average molecular weight is 244 g/mol. The first-order valence-electron chi connectivity index (χ1n) is 6.36. The minimum absolute atomic E-state index is 0.0394. The molecule has 2 fully saturated rings. The van der Waals surface area contributed by atoms with Gasteiger partial charge in [0.05, 0.1) is 6.54 Å². The normalized spacial score (nSPS) is 24.0. The zero-order valence-electron chi connectivity index (χ0n) is 10.1. The van der Waals surface area contributed by atoms with Gasteiger partial charge in [0.25, 0.3) is 0 Å². The van der Waals surface area contributed by atoms with E-state index in [4.69, 9.17) is 0 Å². The molecule has 0 radical (unpaired) electrons. The van der Waals surface area contributed by atoms with Crippen molar-refractivity contribution < 1.29 is 9.59 Å². The average Bonchev–Trinajstić information content (AvgIpc) is 3.19. The van der Waals surface area contributed by atoms with Gasteiger partial charge in [0.1, 0.15) is 6.04 Å². The molecule has 1 N–H and O–H groups in total. The molecule has 4 heteroatoms. The highest BCUT2D eigenvalue weighted by Gasteiger charge is 2.42. The molecule has 0 spiro atoms. The van der Waals surface area contributed by atoms with Crippen molar-refractivity contribution in [1.82, 2.24) is 10.2 Å². The van der Waals surface area contributed by atoms with Crippen LogP contribution in [-0.2, 0) is 16.1 Å². The second-order valence-electron chi connectivity index (χ2n) is 5.06. The Kier molecular flexibility index (Phi) is 2.78. The highest BCUT2D eigenvalue weighted by atomic mass is 16.2. The van der Waals surface area contributed by atoms with Crippen molar-refractivity contribution in [2.45, 2.75) is 25.4 Å². The molecular weight excluding hydrogens is 228 g/mol. The van der Waals surface area contributed by atoms with Gasteiger partial charge in [-0.2, -0.15) is 0 Å². The molecule has 1 saturated carbocycles. The smallest absolute Gasteiger partial charge is 0.246 e. The quantitative estimate of drug-likeness (QED) is 0.859. The van der Waals surface area contributed by atoms with Crippen LogP contribution in [0.2, 0.25) is 0 Å². The highest BCUT2D eigenvalue weighted by Crippen LogP contribution is 2.34. The van der Waals surface area contributed by atoms with Crippen LogP contribution in [0.1, 0.15) is 18.4 Å². The molecule has 4 nitrogen and oxygen atoms in total. The van der Waals surface area contributed by atoms with E-state index in [1.165, 1.54) is 0 Å². The molecule has 1 aromatic rings. The maximum atomic E-state index is 12.3. The van der Waals surface area contributed by atoms with Crippen LogP contribution in [0.3, 0.4) is 0 Å². The van der Waals surface area contributed by atoms with Crippen LogP contribution in [0.5, 0.6) is 0 Å². The third-order valence-corrected chi connectivity index (χ3v) is 3.54. The fraction of sp³-hybridized carbons (Fsp3) is 0.429. The molecule has 1 unspecified atom stereocenters. The Balaban J connectivity index is 1.74. The summed E-state index contributed by atoms with van der Waals surface area (Å²) < 4.78 is 0. The molecule has 0 bridgehead atoms. The monoisotopic (exact) mass is 244 g/mol. The van der Waals surface area contributed by atoms with Crippen LogP contribution in [0.25, 0.3) is 0 Å². The van der Waals surface area contributed by atoms with E-state index in [0.29, 0.717) is 12.5 Å². The summed E-state index contributed by atoms with van der Waals surface area (Å²) in [6, 6.07) is 9.51. The molecule has 94 valence electrons. The Morgan fingerprint density at radius 1 is 1.17 bits per heavy atom. The van der Waals surface area contributed by atoms with Crippen molar-refractivity contribution in [1.29, 1.82) is 0 Å². The molecule has 1 heterocycles. The van der Waals surface area contributed by atoms with Gasteiger partial charge in [0, 0.05) is 6.54 Å². The van der Waals surface area contributed by atoms with Crippen molar-refractivity contribution in [3.05, 3.63) is 35.9 Å². The van der Waals surface area contributed by atoms with E-state index in [0.717, 1.165) is 18.4 Å². The van der Waals surface area contributed by atoms with E-state index in [1.54, 1.807) is 4.90 Å². The number of amides is 2. The Morgan fingerprint density at radius 3 is 2.56 bits per heavy atom. The zero-order chi connectivity index (χ0) is 12.5. The number of carbonyl (C=O) groups is 2. The SMILES string of the molecule is O=C1CN(Cc2ccccc2)C(=O)C(C2CC2)N1. The molecular formula is C14H16N2O2. The number of rotatable bonds is 3. The van der Waals surface area contributed by atoms with E-state index < -0.39 is 0 Å². The lowest BCUT2D eigenvalue weighted by Gasteiger charge is -2.32. The molecule has 2 amide bonds. The Hall–Kier alpha value is -1.84. The number of hydrogen-bond donors (Lipinski definition) is 1. The standard InChI is InChI=1S/C14H16N2O2/c17-12-9-16(8-10-4-2-1-3-5-10)14(18)13(15-12)11-6-7-11/h1-5,11,13H,6-9H2,(H,15,17). The van der Waals surface area contributed by atoms with Crippen LogP contribution >= 0.6 is 0 Å². The second kappa shape index (κ2) is 4.44. The maximum Gasteiger partial charge on any atom is 0.246 e. The van der Waals surface area contributed by atoms with E-state index in [-0.39, 0.29) is 24.4 Å². The number of nitrogens with one attached hydrogen (secondary N) is 1. The number of benzene rings is 1. The first kappa shape index (κ1) is 11.3. The largest absolute Gasteiger partial charge is 0.342 e. The predicted octanol–water partition coefficient (Wildman–Crippen LogP) is 0.924. The molecule has 1 aromatic carbocycles. The van der Waals surface area contributed by atoms with Gasteiger partial charge in [-0.1, -0.05) is 30.3 Å². The number of hydrogen-bond acceptors (Lipinski definition) is 2. The second-order valence-corrected chi connectivity index (χ2v) is 5.06. The van der Waals surface area contributed by atoms with Gasteiger partial charge in [-0.25, -0.2) is 0 Å². The fourth-order valence-electron chi connectivity index (χ4n) is 2.42. The minimum Gasteiger partial charge on any atom is -0.342 e. The summed E-state index contributed by atoms with van der Waals surface area (Å²) in [6.45, 7) is 0.702. The summed E-state index contributed by atoms with van der Waals surface area (Å²) in [4.78, 5) is 25.6. The Bertz CT molecular complexity index is 468. The number of nitrogens with zero attached hydrogens (tertiary/aromatic N) is 1. The first-order chi connectivity index (χ1) is 8.74. The zero-order valence-corrected chi connectivity index (χ0v) is 10.1. The van der Waals surface area contributed by atoms with Crippen LogP contribution < -0.4 is 5.32 Å². The van der Waals surface area contributed by atoms with E-state index in [2.05, 4.69) is 5.32 Å². The molecule has 1 saturated heterocycles. The third kappa shape index (κ3) is 2.23. The lowest BCUT2D eigenvalue weighted by molar-refractivity contribution is -0.145. The molecule has 1 atom stereocenters. The summed E-state index contributed by atoms with van der Waals surface area (Å²) in [6.07, 6.45) is 2.10. The summed E-state index contributed by atoms with van der Waals surface area (Å²) in [5, 5.41) is 2.81. The fourth-order valence-corrected chi connectivity index (χ4v) is 2.42. The summed E-state index contributed by atoms with van der Waals surface area (Å²) in [5.74, 6) is 0.392. The van der Waals surface area contributed by atoms with Crippen LogP contribution in [0.4, 0.5) is 0 Å².